The number of rotatable bonds is 2. The highest BCUT2D eigenvalue weighted by Crippen LogP contribution is 2.29. The maximum Gasteiger partial charge on any atom is 0.262 e. The summed E-state index contributed by atoms with van der Waals surface area (Å²) in [6, 6.07) is 3.07. The van der Waals surface area contributed by atoms with Crippen molar-refractivity contribution >= 4 is 19.7 Å². The number of nitrogens with zero attached hydrogens (tertiary/aromatic N) is 1. The van der Waals surface area contributed by atoms with E-state index in [0.29, 0.717) is 0 Å². The van der Waals surface area contributed by atoms with Crippen molar-refractivity contribution in [3.8, 4) is 11.5 Å². The molecule has 0 aliphatic rings. The topological polar surface area (TPSA) is 60.2 Å². The van der Waals surface area contributed by atoms with Gasteiger partial charge >= 0.3 is 0 Å². The molecule has 7 heteroatoms. The summed E-state index contributed by atoms with van der Waals surface area (Å²) in [6.45, 7) is 0. The van der Waals surface area contributed by atoms with E-state index in [1.807, 2.05) is 0 Å². The Labute approximate surface area is 95.1 Å². The second kappa shape index (κ2) is 3.88. The minimum absolute atomic E-state index is 0.000000000000000444. The van der Waals surface area contributed by atoms with Crippen LogP contribution in [0.25, 0.3) is 11.5 Å². The van der Waals surface area contributed by atoms with Crippen LogP contribution in [0.15, 0.2) is 40.0 Å². The van der Waals surface area contributed by atoms with Gasteiger partial charge in [-0.15, -0.1) is 0 Å². The maximum absolute atomic E-state index is 13.0. The van der Waals surface area contributed by atoms with Crippen molar-refractivity contribution in [2.24, 2.45) is 0 Å². The molecule has 0 aliphatic heterocycles. The third-order valence-corrected chi connectivity index (χ3v) is 3.25. The van der Waals surface area contributed by atoms with E-state index in [2.05, 4.69) is 4.98 Å². The molecular formula is C9H5ClFNO3S. The third-order valence-electron chi connectivity index (χ3n) is 1.87. The lowest BCUT2D eigenvalue weighted by atomic mass is 10.2. The Kier molecular flexibility index (Phi) is 2.69. The van der Waals surface area contributed by atoms with E-state index in [1.54, 1.807) is 0 Å². The highest BCUT2D eigenvalue weighted by molar-refractivity contribution is 8.13. The van der Waals surface area contributed by atoms with Crippen LogP contribution in [0, 0.1) is 5.82 Å². The molecule has 0 radical (unpaired) electrons. The van der Waals surface area contributed by atoms with Gasteiger partial charge in [0.15, 0.2) is 0 Å². The molecule has 84 valence electrons. The molecule has 0 bridgehead atoms. The lowest BCUT2D eigenvalue weighted by Crippen LogP contribution is -1.95. The van der Waals surface area contributed by atoms with Crippen molar-refractivity contribution in [3.05, 3.63) is 36.5 Å². The third kappa shape index (κ3) is 2.07. The zero-order valence-electron chi connectivity index (χ0n) is 7.72. The molecule has 0 unspecified atom stereocenters. The Hall–Kier alpha value is -1.40. The number of halogens is 2. The molecule has 4 nitrogen and oxygen atoms in total. The zero-order valence-corrected chi connectivity index (χ0v) is 9.30. The van der Waals surface area contributed by atoms with Gasteiger partial charge in [0.05, 0.1) is 16.7 Å². The van der Waals surface area contributed by atoms with Crippen LogP contribution in [0.2, 0.25) is 0 Å². The molecule has 0 N–H and O–H groups in total. The van der Waals surface area contributed by atoms with Gasteiger partial charge in [-0.2, -0.15) is 0 Å². The molecule has 0 saturated carbocycles. The number of aromatic nitrogens is 1. The predicted octanol–water partition coefficient (Wildman–Crippen LogP) is 2.41. The fourth-order valence-corrected chi connectivity index (χ4v) is 2.28. The van der Waals surface area contributed by atoms with Crippen molar-refractivity contribution < 1.29 is 17.2 Å². The summed E-state index contributed by atoms with van der Waals surface area (Å²) >= 11 is 0. The molecule has 0 spiro atoms. The number of hydrogen-bond acceptors (Lipinski definition) is 4. The molecule has 1 heterocycles. The average Bonchev–Trinajstić information content (AvgIpc) is 2.68. The first-order valence-corrected chi connectivity index (χ1v) is 6.43. The van der Waals surface area contributed by atoms with Crippen molar-refractivity contribution in [2.75, 3.05) is 0 Å². The highest BCUT2D eigenvalue weighted by atomic mass is 35.7. The van der Waals surface area contributed by atoms with Gasteiger partial charge < -0.3 is 4.42 Å². The summed E-state index contributed by atoms with van der Waals surface area (Å²) in [5, 5.41) is 0. The lowest BCUT2D eigenvalue weighted by Gasteiger charge is -2.02. The largest absolute Gasteiger partial charge is 0.444 e. The van der Waals surface area contributed by atoms with E-state index in [4.69, 9.17) is 15.1 Å². The van der Waals surface area contributed by atoms with Crippen LogP contribution < -0.4 is 0 Å². The second-order valence-electron chi connectivity index (χ2n) is 2.92. The second-order valence-corrected chi connectivity index (χ2v) is 5.45. The van der Waals surface area contributed by atoms with E-state index in [9.17, 15) is 12.8 Å². The summed E-state index contributed by atoms with van der Waals surface area (Å²) in [5.74, 6) is -0.601. The summed E-state index contributed by atoms with van der Waals surface area (Å²) in [6.07, 6.45) is 2.58. The molecule has 0 atom stereocenters. The van der Waals surface area contributed by atoms with Gasteiger partial charge in [-0.1, -0.05) is 0 Å². The summed E-state index contributed by atoms with van der Waals surface area (Å²) in [7, 11) is 1.24. The molecule has 1 aromatic heterocycles. The fourth-order valence-electron chi connectivity index (χ4n) is 1.24. The lowest BCUT2D eigenvalue weighted by molar-refractivity contribution is 0.568. The van der Waals surface area contributed by atoms with Crippen LogP contribution in [-0.4, -0.2) is 13.4 Å². The monoisotopic (exact) mass is 261 g/mol. The fraction of sp³-hybridized carbons (Fsp3) is 0. The van der Waals surface area contributed by atoms with Gasteiger partial charge in [0.2, 0.25) is 5.89 Å². The first kappa shape index (κ1) is 11.1. The van der Waals surface area contributed by atoms with Crippen LogP contribution in [0.4, 0.5) is 4.39 Å². The van der Waals surface area contributed by atoms with E-state index in [-0.39, 0.29) is 16.3 Å². The van der Waals surface area contributed by atoms with Crippen molar-refractivity contribution in [1.29, 1.82) is 0 Å². The van der Waals surface area contributed by atoms with E-state index < -0.39 is 14.9 Å². The first-order valence-electron chi connectivity index (χ1n) is 4.12. The Balaban J connectivity index is 2.73. The van der Waals surface area contributed by atoms with Crippen LogP contribution in [-0.2, 0) is 9.05 Å². The summed E-state index contributed by atoms with van der Waals surface area (Å²) < 4.78 is 40.4. The molecule has 0 saturated heterocycles. The first-order chi connectivity index (χ1) is 7.48. The van der Waals surface area contributed by atoms with E-state index >= 15 is 0 Å². The summed E-state index contributed by atoms with van der Waals surface area (Å²) in [4.78, 5) is 3.51. The molecule has 0 aliphatic carbocycles. The highest BCUT2D eigenvalue weighted by Gasteiger charge is 2.19. The smallest absolute Gasteiger partial charge is 0.262 e. The van der Waals surface area contributed by atoms with Gasteiger partial charge in [-0.3, -0.25) is 0 Å². The van der Waals surface area contributed by atoms with Gasteiger partial charge in [0.25, 0.3) is 9.05 Å². The van der Waals surface area contributed by atoms with Crippen LogP contribution >= 0.6 is 10.7 Å². The standard InChI is InChI=1S/C9H5ClFNO3S/c10-16(13,14)8-2-1-6(11)5-7(8)9-12-3-4-15-9/h1-5H. The zero-order chi connectivity index (χ0) is 11.8. The van der Waals surface area contributed by atoms with E-state index in [0.717, 1.165) is 18.2 Å². The quantitative estimate of drug-likeness (QED) is 0.779. The predicted molar refractivity (Wildman–Crippen MR) is 54.9 cm³/mol. The SMILES string of the molecule is O=S(=O)(Cl)c1ccc(F)cc1-c1ncco1. The Morgan fingerprint density at radius 3 is 2.69 bits per heavy atom. The van der Waals surface area contributed by atoms with Gasteiger partial charge in [-0.05, 0) is 18.2 Å². The molecule has 2 aromatic rings. The van der Waals surface area contributed by atoms with Crippen molar-refractivity contribution in [2.45, 2.75) is 4.90 Å². The Morgan fingerprint density at radius 1 is 1.38 bits per heavy atom. The maximum atomic E-state index is 13.0. The minimum atomic E-state index is -3.97. The Bertz CT molecular complexity index is 610. The summed E-state index contributed by atoms with van der Waals surface area (Å²) in [5.41, 5.74) is 0.000000000000000444. The number of benzene rings is 1. The molecule has 0 amide bonds. The van der Waals surface area contributed by atoms with E-state index in [1.165, 1.54) is 12.5 Å². The van der Waals surface area contributed by atoms with Gasteiger partial charge in [0.1, 0.15) is 12.1 Å². The van der Waals surface area contributed by atoms with Crippen LogP contribution in [0.3, 0.4) is 0 Å². The van der Waals surface area contributed by atoms with Crippen LogP contribution in [0.5, 0.6) is 0 Å². The normalized spacial score (nSPS) is 11.6. The molecule has 16 heavy (non-hydrogen) atoms. The van der Waals surface area contributed by atoms with Crippen LogP contribution in [0.1, 0.15) is 0 Å². The van der Waals surface area contributed by atoms with Gasteiger partial charge in [0, 0.05) is 10.7 Å². The molecule has 1 aromatic carbocycles. The molecule has 0 fully saturated rings. The number of hydrogen-bond donors (Lipinski definition) is 0. The van der Waals surface area contributed by atoms with Crippen molar-refractivity contribution in [1.82, 2.24) is 4.98 Å². The molecule has 2 rings (SSSR count). The van der Waals surface area contributed by atoms with Gasteiger partial charge in [-0.25, -0.2) is 17.8 Å². The number of oxazole rings is 1. The average molecular weight is 262 g/mol. The van der Waals surface area contributed by atoms with Crippen molar-refractivity contribution in [3.63, 3.8) is 0 Å². The molecular weight excluding hydrogens is 257 g/mol. The Morgan fingerprint density at radius 2 is 2.12 bits per heavy atom. The minimum Gasteiger partial charge on any atom is -0.444 e.